The van der Waals surface area contributed by atoms with Gasteiger partial charge in [0.25, 0.3) is 0 Å². The lowest BCUT2D eigenvalue weighted by Gasteiger charge is -2.10. The first-order chi connectivity index (χ1) is 10.1. The molecule has 6 nitrogen and oxygen atoms in total. The number of amides is 2. The van der Waals surface area contributed by atoms with Gasteiger partial charge in [-0.3, -0.25) is 4.98 Å². The number of aromatic nitrogens is 1. The minimum Gasteiger partial charge on any atom is -0.478 e. The van der Waals surface area contributed by atoms with Crippen molar-refractivity contribution in [1.82, 2.24) is 10.3 Å². The number of rotatable bonds is 4. The molecule has 0 aliphatic heterocycles. The van der Waals surface area contributed by atoms with E-state index in [4.69, 9.17) is 5.11 Å². The highest BCUT2D eigenvalue weighted by Gasteiger charge is 2.16. The molecule has 0 aliphatic carbocycles. The maximum absolute atomic E-state index is 13.6. The predicted octanol–water partition coefficient (Wildman–Crippen LogP) is 2.24. The molecule has 2 aromatic rings. The van der Waals surface area contributed by atoms with Crippen molar-refractivity contribution in [1.29, 1.82) is 0 Å². The molecule has 0 radical (unpaired) electrons. The number of aromatic carboxylic acids is 1. The van der Waals surface area contributed by atoms with Crippen LogP contribution in [0.2, 0.25) is 0 Å². The van der Waals surface area contributed by atoms with Gasteiger partial charge in [-0.2, -0.15) is 0 Å². The number of hydrogen-bond donors (Lipinski definition) is 3. The van der Waals surface area contributed by atoms with E-state index in [9.17, 15) is 14.0 Å². The molecule has 0 bridgehead atoms. The first-order valence-corrected chi connectivity index (χ1v) is 6.03. The second-order valence-corrected chi connectivity index (χ2v) is 4.14. The minimum atomic E-state index is -1.32. The van der Waals surface area contributed by atoms with Crippen LogP contribution >= 0.6 is 0 Å². The van der Waals surface area contributed by atoms with Crippen LogP contribution in [0.5, 0.6) is 0 Å². The summed E-state index contributed by atoms with van der Waals surface area (Å²) >= 11 is 0. The van der Waals surface area contributed by atoms with Gasteiger partial charge in [-0.25, -0.2) is 14.0 Å². The van der Waals surface area contributed by atoms with Crippen LogP contribution in [-0.4, -0.2) is 22.1 Å². The molecule has 21 heavy (non-hydrogen) atoms. The molecule has 0 saturated heterocycles. The summed E-state index contributed by atoms with van der Waals surface area (Å²) in [6, 6.07) is 6.32. The predicted molar refractivity (Wildman–Crippen MR) is 73.5 cm³/mol. The molecule has 0 aliphatic rings. The van der Waals surface area contributed by atoms with Crippen molar-refractivity contribution in [2.75, 3.05) is 5.32 Å². The van der Waals surface area contributed by atoms with Crippen molar-refractivity contribution in [3.63, 3.8) is 0 Å². The van der Waals surface area contributed by atoms with Gasteiger partial charge in [0.1, 0.15) is 5.82 Å². The Morgan fingerprint density at radius 1 is 1.24 bits per heavy atom. The maximum Gasteiger partial charge on any atom is 0.337 e. The highest BCUT2D eigenvalue weighted by atomic mass is 19.1. The Labute approximate surface area is 119 Å². The number of benzene rings is 1. The number of nitrogens with zero attached hydrogens (tertiary/aromatic N) is 1. The van der Waals surface area contributed by atoms with Crippen molar-refractivity contribution in [3.8, 4) is 0 Å². The summed E-state index contributed by atoms with van der Waals surface area (Å²) in [5.41, 5.74) is 0.0832. The zero-order valence-electron chi connectivity index (χ0n) is 10.8. The first-order valence-electron chi connectivity index (χ1n) is 6.03. The van der Waals surface area contributed by atoms with Crippen molar-refractivity contribution < 1.29 is 19.1 Å². The summed E-state index contributed by atoms with van der Waals surface area (Å²) in [4.78, 5) is 26.6. The summed E-state index contributed by atoms with van der Waals surface area (Å²) in [6.07, 6.45) is 3.17. The molecular formula is C14H12FN3O3. The average molecular weight is 289 g/mol. The molecular weight excluding hydrogens is 277 g/mol. The first kappa shape index (κ1) is 14.4. The van der Waals surface area contributed by atoms with E-state index in [0.29, 0.717) is 0 Å². The molecule has 7 heteroatoms. The number of carboxylic acids is 1. The number of nitrogens with one attached hydrogen (secondary N) is 2. The van der Waals surface area contributed by atoms with E-state index < -0.39 is 17.8 Å². The smallest absolute Gasteiger partial charge is 0.337 e. The quantitative estimate of drug-likeness (QED) is 0.805. The van der Waals surface area contributed by atoms with Gasteiger partial charge in [-0.1, -0.05) is 12.1 Å². The molecule has 2 rings (SSSR count). The van der Waals surface area contributed by atoms with Crippen LogP contribution in [0.25, 0.3) is 0 Å². The number of pyridine rings is 1. The van der Waals surface area contributed by atoms with Gasteiger partial charge in [-0.15, -0.1) is 0 Å². The number of hydrogen-bond acceptors (Lipinski definition) is 3. The highest BCUT2D eigenvalue weighted by molar-refractivity contribution is 6.00. The van der Waals surface area contributed by atoms with E-state index >= 15 is 0 Å². The van der Waals surface area contributed by atoms with Crippen LogP contribution < -0.4 is 10.6 Å². The van der Waals surface area contributed by atoms with Crippen molar-refractivity contribution in [2.24, 2.45) is 0 Å². The Hall–Kier alpha value is -2.96. The molecule has 0 atom stereocenters. The Morgan fingerprint density at radius 3 is 2.71 bits per heavy atom. The average Bonchev–Trinajstić information content (AvgIpc) is 2.48. The number of halogens is 1. The zero-order valence-corrected chi connectivity index (χ0v) is 10.8. The number of anilines is 1. The topological polar surface area (TPSA) is 91.3 Å². The molecule has 108 valence electrons. The van der Waals surface area contributed by atoms with Crippen LogP contribution in [0, 0.1) is 5.82 Å². The third-order valence-corrected chi connectivity index (χ3v) is 2.66. The fourth-order valence-corrected chi connectivity index (χ4v) is 1.67. The van der Waals surface area contributed by atoms with Crippen molar-refractivity contribution in [3.05, 3.63) is 59.7 Å². The summed E-state index contributed by atoms with van der Waals surface area (Å²) in [5, 5.41) is 13.7. The fraction of sp³-hybridized carbons (Fsp3) is 0.0714. The monoisotopic (exact) mass is 289 g/mol. The minimum absolute atomic E-state index is 0.191. The number of carbonyl (C=O) groups excluding carboxylic acids is 1. The lowest BCUT2D eigenvalue weighted by molar-refractivity contribution is 0.0697. The highest BCUT2D eigenvalue weighted by Crippen LogP contribution is 2.19. The van der Waals surface area contributed by atoms with Gasteiger partial charge in [0.15, 0.2) is 0 Å². The SMILES string of the molecule is O=C(NCc1cccnc1)Nc1c(F)cccc1C(=O)O. The van der Waals surface area contributed by atoms with Crippen LogP contribution in [0.3, 0.4) is 0 Å². The summed E-state index contributed by atoms with van der Waals surface area (Å²) in [6.45, 7) is 0.191. The van der Waals surface area contributed by atoms with E-state index in [1.807, 2.05) is 0 Å². The largest absolute Gasteiger partial charge is 0.478 e. The van der Waals surface area contributed by atoms with Crippen LogP contribution in [0.1, 0.15) is 15.9 Å². The summed E-state index contributed by atoms with van der Waals surface area (Å²) < 4.78 is 13.6. The molecule has 2 amide bonds. The van der Waals surface area contributed by atoms with E-state index in [0.717, 1.165) is 11.6 Å². The molecule has 1 aromatic carbocycles. The summed E-state index contributed by atoms with van der Waals surface area (Å²) in [5.74, 6) is -2.14. The van der Waals surface area contributed by atoms with E-state index in [2.05, 4.69) is 15.6 Å². The van der Waals surface area contributed by atoms with Crippen molar-refractivity contribution >= 4 is 17.7 Å². The molecule has 3 N–H and O–H groups in total. The van der Waals surface area contributed by atoms with E-state index in [1.165, 1.54) is 12.1 Å². The van der Waals surface area contributed by atoms with Gasteiger partial charge >= 0.3 is 12.0 Å². The number of carboxylic acid groups (broad SMARTS) is 1. The normalized spacial score (nSPS) is 9.95. The standard InChI is InChI=1S/C14H12FN3O3/c15-11-5-1-4-10(13(19)20)12(11)18-14(21)17-8-9-3-2-6-16-7-9/h1-7H,8H2,(H,19,20)(H2,17,18,21). The van der Waals surface area contributed by atoms with Gasteiger partial charge < -0.3 is 15.7 Å². The molecule has 1 aromatic heterocycles. The molecule has 1 heterocycles. The van der Waals surface area contributed by atoms with Crippen molar-refractivity contribution in [2.45, 2.75) is 6.54 Å². The lowest BCUT2D eigenvalue weighted by atomic mass is 10.1. The maximum atomic E-state index is 13.6. The van der Waals surface area contributed by atoms with Crippen LogP contribution in [0.15, 0.2) is 42.7 Å². The second-order valence-electron chi connectivity index (χ2n) is 4.14. The third-order valence-electron chi connectivity index (χ3n) is 2.66. The van der Waals surface area contributed by atoms with Crippen LogP contribution in [-0.2, 0) is 6.54 Å². The summed E-state index contributed by atoms with van der Waals surface area (Å²) in [7, 11) is 0. The lowest BCUT2D eigenvalue weighted by Crippen LogP contribution is -2.29. The third kappa shape index (κ3) is 3.75. The zero-order chi connectivity index (χ0) is 15.2. The second kappa shape index (κ2) is 6.47. The van der Waals surface area contributed by atoms with Crippen LogP contribution in [0.4, 0.5) is 14.9 Å². The van der Waals surface area contributed by atoms with Gasteiger partial charge in [0.05, 0.1) is 11.3 Å². The van der Waals surface area contributed by atoms with Gasteiger partial charge in [-0.05, 0) is 23.8 Å². The Kier molecular flexibility index (Phi) is 4.45. The Morgan fingerprint density at radius 2 is 2.05 bits per heavy atom. The fourth-order valence-electron chi connectivity index (χ4n) is 1.67. The Bertz CT molecular complexity index is 662. The van der Waals surface area contributed by atoms with E-state index in [1.54, 1.807) is 24.5 Å². The van der Waals surface area contributed by atoms with E-state index in [-0.39, 0.29) is 17.8 Å². The molecule has 0 saturated carbocycles. The number of carbonyl (C=O) groups is 2. The number of para-hydroxylation sites is 1. The molecule has 0 spiro atoms. The number of urea groups is 1. The van der Waals surface area contributed by atoms with Gasteiger partial charge in [0.2, 0.25) is 0 Å². The molecule has 0 unspecified atom stereocenters. The molecule has 0 fully saturated rings. The van der Waals surface area contributed by atoms with Gasteiger partial charge in [0, 0.05) is 18.9 Å². The Balaban J connectivity index is 2.05.